The van der Waals surface area contributed by atoms with Crippen LogP contribution in [0.15, 0.2) is 0 Å². The van der Waals surface area contributed by atoms with Crippen molar-refractivity contribution >= 4 is 10.0 Å². The first kappa shape index (κ1) is 9.92. The molecule has 0 N–H and O–H groups in total. The summed E-state index contributed by atoms with van der Waals surface area (Å²) in [4.78, 5) is 0. The number of sulfonamides is 1. The fourth-order valence-electron chi connectivity index (χ4n) is 1.29. The summed E-state index contributed by atoms with van der Waals surface area (Å²) in [6.07, 6.45) is -0.119. The lowest BCUT2D eigenvalue weighted by Crippen LogP contribution is -2.39. The minimum absolute atomic E-state index is 0.115. The van der Waals surface area contributed by atoms with Gasteiger partial charge in [0, 0.05) is 13.1 Å². The number of piperidine rings is 1. The molecule has 0 saturated carbocycles. The molecule has 1 rings (SSSR count). The molecule has 0 radical (unpaired) electrons. The highest BCUT2D eigenvalue weighted by Gasteiger charge is 2.25. The van der Waals surface area contributed by atoms with Gasteiger partial charge in [-0.1, -0.05) is 0 Å². The summed E-state index contributed by atoms with van der Waals surface area (Å²) in [6, 6.07) is 0. The molecule has 3 nitrogen and oxygen atoms in total. The van der Waals surface area contributed by atoms with Crippen LogP contribution >= 0.6 is 0 Å². The second-order valence-electron chi connectivity index (χ2n) is 2.97. The summed E-state index contributed by atoms with van der Waals surface area (Å²) >= 11 is 0. The van der Waals surface area contributed by atoms with Gasteiger partial charge in [-0.15, -0.1) is 0 Å². The van der Waals surface area contributed by atoms with Crippen molar-refractivity contribution in [2.75, 3.05) is 18.8 Å². The molecule has 1 aliphatic heterocycles. The highest BCUT2D eigenvalue weighted by Crippen LogP contribution is 2.16. The number of hydrogen-bond donors (Lipinski definition) is 0. The Bertz CT molecular complexity index is 232. The second-order valence-corrected chi connectivity index (χ2v) is 5.23. The molecule has 72 valence electrons. The molecule has 5 heteroatoms. The Morgan fingerprint density at radius 2 is 1.92 bits per heavy atom. The molecule has 0 atom stereocenters. The van der Waals surface area contributed by atoms with Gasteiger partial charge in [0.2, 0.25) is 10.0 Å². The molecular weight excluding hydrogens is 181 g/mol. The molecule has 0 aromatic carbocycles. The first-order valence-electron chi connectivity index (χ1n) is 4.18. The first-order chi connectivity index (χ1) is 5.56. The van der Waals surface area contributed by atoms with E-state index in [0.29, 0.717) is 25.9 Å². The molecule has 1 heterocycles. The van der Waals surface area contributed by atoms with E-state index in [1.165, 1.54) is 4.31 Å². The van der Waals surface area contributed by atoms with E-state index in [1.54, 1.807) is 6.92 Å². The van der Waals surface area contributed by atoms with Crippen molar-refractivity contribution in [1.29, 1.82) is 0 Å². The molecule has 1 fully saturated rings. The van der Waals surface area contributed by atoms with E-state index in [4.69, 9.17) is 0 Å². The standard InChI is InChI=1S/C7H14FNO2S/c1-2-12(10,11)9-5-3-7(8)4-6-9/h7H,2-6H2,1H3. The number of hydrogen-bond acceptors (Lipinski definition) is 2. The zero-order chi connectivity index (χ0) is 9.19. The maximum absolute atomic E-state index is 12.6. The summed E-state index contributed by atoms with van der Waals surface area (Å²) in [5.74, 6) is 0.115. The van der Waals surface area contributed by atoms with Crippen molar-refractivity contribution < 1.29 is 12.8 Å². The minimum Gasteiger partial charge on any atom is -0.247 e. The molecule has 0 aliphatic carbocycles. The van der Waals surface area contributed by atoms with Gasteiger partial charge in [0.1, 0.15) is 6.17 Å². The summed E-state index contributed by atoms with van der Waals surface area (Å²) in [5.41, 5.74) is 0. The van der Waals surface area contributed by atoms with E-state index >= 15 is 0 Å². The van der Waals surface area contributed by atoms with Gasteiger partial charge in [-0.3, -0.25) is 0 Å². The lowest BCUT2D eigenvalue weighted by molar-refractivity contribution is 0.210. The first-order valence-corrected chi connectivity index (χ1v) is 5.79. The topological polar surface area (TPSA) is 37.4 Å². The zero-order valence-electron chi connectivity index (χ0n) is 7.16. The van der Waals surface area contributed by atoms with Crippen LogP contribution in [0, 0.1) is 0 Å². The second kappa shape index (κ2) is 3.70. The average Bonchev–Trinajstić information content (AvgIpc) is 2.05. The van der Waals surface area contributed by atoms with Gasteiger partial charge in [-0.25, -0.2) is 17.1 Å². The number of rotatable bonds is 2. The highest BCUT2D eigenvalue weighted by molar-refractivity contribution is 7.89. The lowest BCUT2D eigenvalue weighted by atomic mass is 10.1. The zero-order valence-corrected chi connectivity index (χ0v) is 7.98. The van der Waals surface area contributed by atoms with Gasteiger partial charge < -0.3 is 0 Å². The van der Waals surface area contributed by atoms with Gasteiger partial charge in [-0.05, 0) is 19.8 Å². The molecule has 0 spiro atoms. The van der Waals surface area contributed by atoms with Crippen molar-refractivity contribution in [1.82, 2.24) is 4.31 Å². The van der Waals surface area contributed by atoms with Gasteiger partial charge in [0.25, 0.3) is 0 Å². The van der Waals surface area contributed by atoms with Crippen LogP contribution in [0.3, 0.4) is 0 Å². The summed E-state index contributed by atoms with van der Waals surface area (Å²) < 4.78 is 36.5. The molecule has 1 aliphatic rings. The van der Waals surface area contributed by atoms with E-state index in [9.17, 15) is 12.8 Å². The summed E-state index contributed by atoms with van der Waals surface area (Å²) in [7, 11) is -3.08. The Hall–Kier alpha value is -0.160. The molecule has 0 unspecified atom stereocenters. The molecule has 1 saturated heterocycles. The Morgan fingerprint density at radius 3 is 2.33 bits per heavy atom. The van der Waals surface area contributed by atoms with Gasteiger partial charge in [0.05, 0.1) is 5.75 Å². The van der Waals surface area contributed by atoms with Crippen LogP contribution in [0.1, 0.15) is 19.8 Å². The number of halogens is 1. The Kier molecular flexibility index (Phi) is 3.06. The van der Waals surface area contributed by atoms with Crippen LogP contribution in [0.25, 0.3) is 0 Å². The Morgan fingerprint density at radius 1 is 1.42 bits per heavy atom. The van der Waals surface area contributed by atoms with Crippen molar-refractivity contribution in [3.05, 3.63) is 0 Å². The number of nitrogens with zero attached hydrogens (tertiary/aromatic N) is 1. The Labute approximate surface area is 72.6 Å². The van der Waals surface area contributed by atoms with E-state index in [2.05, 4.69) is 0 Å². The molecular formula is C7H14FNO2S. The van der Waals surface area contributed by atoms with Crippen LogP contribution in [-0.4, -0.2) is 37.7 Å². The normalized spacial score (nSPS) is 22.8. The van der Waals surface area contributed by atoms with E-state index in [0.717, 1.165) is 0 Å². The molecule has 0 amide bonds. The number of alkyl halides is 1. The summed E-state index contributed by atoms with van der Waals surface area (Å²) in [5, 5.41) is 0. The highest BCUT2D eigenvalue weighted by atomic mass is 32.2. The molecule has 0 bridgehead atoms. The van der Waals surface area contributed by atoms with Crippen molar-refractivity contribution in [2.45, 2.75) is 25.9 Å². The largest absolute Gasteiger partial charge is 0.247 e. The minimum atomic E-state index is -3.08. The summed E-state index contributed by atoms with van der Waals surface area (Å²) in [6.45, 7) is 2.30. The fraction of sp³-hybridized carbons (Fsp3) is 1.00. The van der Waals surface area contributed by atoms with Crippen LogP contribution in [0.5, 0.6) is 0 Å². The van der Waals surface area contributed by atoms with Crippen LogP contribution < -0.4 is 0 Å². The van der Waals surface area contributed by atoms with E-state index in [1.807, 2.05) is 0 Å². The van der Waals surface area contributed by atoms with E-state index < -0.39 is 16.2 Å². The Balaban J connectivity index is 2.56. The van der Waals surface area contributed by atoms with Crippen LogP contribution in [0.2, 0.25) is 0 Å². The van der Waals surface area contributed by atoms with Gasteiger partial charge >= 0.3 is 0 Å². The maximum atomic E-state index is 12.6. The van der Waals surface area contributed by atoms with Gasteiger partial charge in [0.15, 0.2) is 0 Å². The van der Waals surface area contributed by atoms with Gasteiger partial charge in [-0.2, -0.15) is 0 Å². The SMILES string of the molecule is CCS(=O)(=O)N1CCC(F)CC1. The lowest BCUT2D eigenvalue weighted by Gasteiger charge is -2.27. The predicted octanol–water partition coefficient (Wildman–Crippen LogP) is 0.770. The molecule has 0 aromatic rings. The monoisotopic (exact) mass is 195 g/mol. The van der Waals surface area contributed by atoms with E-state index in [-0.39, 0.29) is 5.75 Å². The fourth-order valence-corrected chi connectivity index (χ4v) is 2.42. The predicted molar refractivity (Wildman–Crippen MR) is 45.2 cm³/mol. The van der Waals surface area contributed by atoms with Crippen LogP contribution in [-0.2, 0) is 10.0 Å². The quantitative estimate of drug-likeness (QED) is 0.652. The maximum Gasteiger partial charge on any atom is 0.213 e. The molecule has 0 aromatic heterocycles. The third-order valence-corrected chi connectivity index (χ3v) is 4.02. The average molecular weight is 195 g/mol. The van der Waals surface area contributed by atoms with Crippen molar-refractivity contribution in [3.8, 4) is 0 Å². The molecule has 12 heavy (non-hydrogen) atoms. The third-order valence-electron chi connectivity index (χ3n) is 2.14. The van der Waals surface area contributed by atoms with Crippen LogP contribution in [0.4, 0.5) is 4.39 Å². The van der Waals surface area contributed by atoms with Crippen molar-refractivity contribution in [2.24, 2.45) is 0 Å². The third kappa shape index (κ3) is 2.17. The van der Waals surface area contributed by atoms with Crippen molar-refractivity contribution in [3.63, 3.8) is 0 Å². The smallest absolute Gasteiger partial charge is 0.213 e.